The quantitative estimate of drug-likeness (QED) is 0.671. The lowest BCUT2D eigenvalue weighted by Crippen LogP contribution is -2.30. The molecule has 1 atom stereocenters. The van der Waals surface area contributed by atoms with Gasteiger partial charge in [0.15, 0.2) is 6.10 Å². The molecule has 2 N–H and O–H groups in total. The molecule has 1 fully saturated rings. The molecule has 1 aliphatic rings. The van der Waals surface area contributed by atoms with E-state index in [0.29, 0.717) is 21.3 Å². The van der Waals surface area contributed by atoms with Crippen LogP contribution >= 0.6 is 22.9 Å². The summed E-state index contributed by atoms with van der Waals surface area (Å²) < 4.78 is 5.36. The van der Waals surface area contributed by atoms with Crippen molar-refractivity contribution in [3.8, 4) is 0 Å². The summed E-state index contributed by atoms with van der Waals surface area (Å²) in [6.07, 6.45) is 0.739. The van der Waals surface area contributed by atoms with E-state index in [1.165, 1.54) is 18.3 Å². The zero-order valence-corrected chi connectivity index (χ0v) is 17.4. The number of nitrogens with one attached hydrogen (secondary N) is 2. The predicted octanol–water partition coefficient (Wildman–Crippen LogP) is 4.55. The summed E-state index contributed by atoms with van der Waals surface area (Å²) in [7, 11) is 0. The van der Waals surface area contributed by atoms with Crippen LogP contribution in [0.15, 0.2) is 24.3 Å². The van der Waals surface area contributed by atoms with E-state index in [2.05, 4.69) is 10.6 Å². The van der Waals surface area contributed by atoms with Crippen LogP contribution in [0.2, 0.25) is 5.02 Å². The molecule has 1 aliphatic carbocycles. The maximum absolute atomic E-state index is 12.7. The van der Waals surface area contributed by atoms with Gasteiger partial charge >= 0.3 is 5.97 Å². The van der Waals surface area contributed by atoms with Gasteiger partial charge in [0.25, 0.3) is 5.91 Å². The highest BCUT2D eigenvalue weighted by Crippen LogP contribution is 2.36. The van der Waals surface area contributed by atoms with E-state index in [0.717, 1.165) is 23.3 Å². The third-order valence-corrected chi connectivity index (χ3v) is 5.91. The number of halogens is 1. The molecule has 1 aromatic carbocycles. The zero-order chi connectivity index (χ0) is 20.4. The smallest absolute Gasteiger partial charge is 0.342 e. The van der Waals surface area contributed by atoms with Gasteiger partial charge in [0.1, 0.15) is 5.00 Å². The molecule has 0 radical (unpaired) electrons. The standard InChI is InChI=1S/C20H21ClN2O4S/c1-10-12(3)28-19(23-18(25)13-4-5-13)16(10)20(26)27-11(2)17(24)22-15-8-6-14(21)7-9-15/h6-9,11,13H,4-5H2,1-3H3,(H,22,24)(H,23,25). The molecule has 3 rings (SSSR count). The molecule has 148 valence electrons. The zero-order valence-electron chi connectivity index (χ0n) is 15.8. The average Bonchev–Trinajstić information content (AvgIpc) is 3.44. The Bertz CT molecular complexity index is 919. The second-order valence-electron chi connectivity index (χ2n) is 6.79. The number of thiophene rings is 1. The van der Waals surface area contributed by atoms with Gasteiger partial charge in [-0.3, -0.25) is 9.59 Å². The highest BCUT2D eigenvalue weighted by molar-refractivity contribution is 7.16. The fourth-order valence-electron chi connectivity index (χ4n) is 2.57. The number of esters is 1. The third-order valence-electron chi connectivity index (χ3n) is 4.54. The van der Waals surface area contributed by atoms with E-state index in [4.69, 9.17) is 16.3 Å². The number of ether oxygens (including phenoxy) is 1. The van der Waals surface area contributed by atoms with E-state index in [9.17, 15) is 14.4 Å². The Morgan fingerprint density at radius 2 is 1.79 bits per heavy atom. The first-order valence-corrected chi connectivity index (χ1v) is 10.1. The van der Waals surface area contributed by atoms with E-state index < -0.39 is 18.0 Å². The van der Waals surface area contributed by atoms with E-state index in [-0.39, 0.29) is 11.8 Å². The normalized spacial score (nSPS) is 14.3. The molecule has 1 aromatic heterocycles. The van der Waals surface area contributed by atoms with Crippen molar-refractivity contribution in [1.29, 1.82) is 0 Å². The molecule has 1 unspecified atom stereocenters. The molecule has 1 heterocycles. The molecular weight excluding hydrogens is 400 g/mol. The summed E-state index contributed by atoms with van der Waals surface area (Å²) in [6, 6.07) is 6.62. The van der Waals surface area contributed by atoms with Crippen LogP contribution in [0.5, 0.6) is 0 Å². The van der Waals surface area contributed by atoms with Gasteiger partial charge in [-0.25, -0.2) is 4.79 Å². The number of rotatable bonds is 6. The third kappa shape index (κ3) is 4.72. The summed E-state index contributed by atoms with van der Waals surface area (Å²) in [4.78, 5) is 38.1. The molecule has 2 aromatic rings. The van der Waals surface area contributed by atoms with Crippen LogP contribution in [0.1, 0.15) is 40.6 Å². The molecule has 0 spiro atoms. The molecule has 1 saturated carbocycles. The first-order chi connectivity index (χ1) is 13.3. The van der Waals surface area contributed by atoms with Crippen LogP contribution < -0.4 is 10.6 Å². The van der Waals surface area contributed by atoms with Gasteiger partial charge in [-0.15, -0.1) is 11.3 Å². The maximum Gasteiger partial charge on any atom is 0.342 e. The Kier molecular flexibility index (Phi) is 6.05. The lowest BCUT2D eigenvalue weighted by Gasteiger charge is -2.14. The molecule has 8 heteroatoms. The van der Waals surface area contributed by atoms with Gasteiger partial charge in [0, 0.05) is 21.5 Å². The van der Waals surface area contributed by atoms with E-state index in [1.807, 2.05) is 6.92 Å². The molecule has 0 saturated heterocycles. The van der Waals surface area contributed by atoms with Crippen molar-refractivity contribution in [3.05, 3.63) is 45.3 Å². The van der Waals surface area contributed by atoms with Gasteiger partial charge in [0.2, 0.25) is 5.91 Å². The highest BCUT2D eigenvalue weighted by Gasteiger charge is 2.32. The monoisotopic (exact) mass is 420 g/mol. The Morgan fingerprint density at radius 1 is 1.14 bits per heavy atom. The number of benzene rings is 1. The summed E-state index contributed by atoms with van der Waals surface area (Å²) in [5.41, 5.74) is 1.60. The lowest BCUT2D eigenvalue weighted by molar-refractivity contribution is -0.123. The number of carbonyl (C=O) groups excluding carboxylic acids is 3. The topological polar surface area (TPSA) is 84.5 Å². The molecular formula is C20H21ClN2O4S. The fraction of sp³-hybridized carbons (Fsp3) is 0.350. The number of anilines is 2. The minimum atomic E-state index is -1.00. The Morgan fingerprint density at radius 3 is 2.39 bits per heavy atom. The van der Waals surface area contributed by atoms with Crippen molar-refractivity contribution in [2.24, 2.45) is 5.92 Å². The van der Waals surface area contributed by atoms with Gasteiger partial charge in [-0.1, -0.05) is 11.6 Å². The minimum Gasteiger partial charge on any atom is -0.449 e. The minimum absolute atomic E-state index is 0.0238. The largest absolute Gasteiger partial charge is 0.449 e. The van der Waals surface area contributed by atoms with Crippen LogP contribution in [0.25, 0.3) is 0 Å². The number of carbonyl (C=O) groups is 3. The summed E-state index contributed by atoms with van der Waals surface area (Å²) in [5, 5.41) is 6.53. The number of amides is 2. The summed E-state index contributed by atoms with van der Waals surface area (Å²) in [5.74, 6) is -1.14. The predicted molar refractivity (Wildman–Crippen MR) is 110 cm³/mol. The molecule has 2 amide bonds. The van der Waals surface area contributed by atoms with Crippen LogP contribution in [0.4, 0.5) is 10.7 Å². The first kappa shape index (κ1) is 20.4. The summed E-state index contributed by atoms with van der Waals surface area (Å²) in [6.45, 7) is 5.17. The van der Waals surface area contributed by atoms with Crippen LogP contribution in [-0.2, 0) is 14.3 Å². The number of hydrogen-bond acceptors (Lipinski definition) is 5. The SMILES string of the molecule is Cc1sc(NC(=O)C2CC2)c(C(=O)OC(C)C(=O)Nc2ccc(Cl)cc2)c1C. The van der Waals surface area contributed by atoms with Crippen LogP contribution in [0.3, 0.4) is 0 Å². The van der Waals surface area contributed by atoms with Crippen molar-refractivity contribution in [1.82, 2.24) is 0 Å². The van der Waals surface area contributed by atoms with Crippen molar-refractivity contribution >= 4 is 51.4 Å². The molecule has 6 nitrogen and oxygen atoms in total. The van der Waals surface area contributed by atoms with Crippen LogP contribution in [0, 0.1) is 19.8 Å². The highest BCUT2D eigenvalue weighted by atomic mass is 35.5. The Labute approximate surface area is 172 Å². The van der Waals surface area contributed by atoms with Crippen molar-refractivity contribution in [2.45, 2.75) is 39.7 Å². The molecule has 0 aliphatic heterocycles. The lowest BCUT2D eigenvalue weighted by atomic mass is 10.1. The van der Waals surface area contributed by atoms with Gasteiger partial charge in [-0.2, -0.15) is 0 Å². The summed E-state index contributed by atoms with van der Waals surface area (Å²) >= 11 is 7.16. The van der Waals surface area contributed by atoms with Gasteiger partial charge in [-0.05, 0) is 63.4 Å². The number of hydrogen-bond donors (Lipinski definition) is 2. The van der Waals surface area contributed by atoms with E-state index >= 15 is 0 Å². The Hall–Kier alpha value is -2.38. The second kappa shape index (κ2) is 8.32. The van der Waals surface area contributed by atoms with Crippen molar-refractivity contribution < 1.29 is 19.1 Å². The fourth-order valence-corrected chi connectivity index (χ4v) is 3.75. The van der Waals surface area contributed by atoms with Crippen LogP contribution in [-0.4, -0.2) is 23.9 Å². The van der Waals surface area contributed by atoms with Crippen molar-refractivity contribution in [2.75, 3.05) is 10.6 Å². The average molecular weight is 421 g/mol. The van der Waals surface area contributed by atoms with Crippen molar-refractivity contribution in [3.63, 3.8) is 0 Å². The molecule has 28 heavy (non-hydrogen) atoms. The Balaban J connectivity index is 1.68. The number of aryl methyl sites for hydroxylation is 1. The first-order valence-electron chi connectivity index (χ1n) is 8.94. The maximum atomic E-state index is 12.7. The van der Waals surface area contributed by atoms with Gasteiger partial charge in [0.05, 0.1) is 5.56 Å². The van der Waals surface area contributed by atoms with E-state index in [1.54, 1.807) is 31.2 Å². The molecule has 0 bridgehead atoms. The second-order valence-corrected chi connectivity index (χ2v) is 8.46. The van der Waals surface area contributed by atoms with Gasteiger partial charge < -0.3 is 15.4 Å².